The summed E-state index contributed by atoms with van der Waals surface area (Å²) >= 11 is 0. The van der Waals surface area contributed by atoms with Gasteiger partial charge in [0.2, 0.25) is 0 Å². The topological polar surface area (TPSA) is 29.1 Å². The average molecular weight is 269 g/mol. The van der Waals surface area contributed by atoms with Crippen LogP contribution in [0, 0.1) is 0 Å². The first-order chi connectivity index (χ1) is 7.89. The van der Waals surface area contributed by atoms with Crippen molar-refractivity contribution in [3.05, 3.63) is 29.8 Å². The first-order valence-electron chi connectivity index (χ1n) is 6.00. The van der Waals surface area contributed by atoms with Crippen LogP contribution in [0.25, 0.3) is 0 Å². The van der Waals surface area contributed by atoms with Gasteiger partial charge >= 0.3 is 0 Å². The Morgan fingerprint density at radius 1 is 1.18 bits per heavy atom. The third-order valence-corrected chi connectivity index (χ3v) is 5.56. The van der Waals surface area contributed by atoms with Crippen molar-refractivity contribution in [2.75, 3.05) is 18.6 Å². The van der Waals surface area contributed by atoms with Crippen molar-refractivity contribution in [1.82, 2.24) is 5.32 Å². The zero-order valence-electron chi connectivity index (χ0n) is 11.2. The Hall–Kier alpha value is -0.453. The molecule has 0 aromatic heterocycles. The molecule has 0 spiro atoms. The van der Waals surface area contributed by atoms with Crippen LogP contribution >= 0.6 is 0 Å². The highest BCUT2D eigenvalue weighted by Crippen LogP contribution is 2.04. The van der Waals surface area contributed by atoms with Crippen LogP contribution in [0.3, 0.4) is 0 Å². The Bertz CT molecular complexity index is 370. The van der Waals surface area contributed by atoms with Crippen molar-refractivity contribution in [3.8, 4) is 0 Å². The molecular weight excluding hydrogens is 246 g/mol. The van der Waals surface area contributed by atoms with Gasteiger partial charge in [0.15, 0.2) is 0 Å². The largest absolute Gasteiger partial charge is 0.312 e. The van der Waals surface area contributed by atoms with Gasteiger partial charge in [-0.15, -0.1) is 0 Å². The van der Waals surface area contributed by atoms with Crippen LogP contribution in [0.1, 0.15) is 5.56 Å². The maximum atomic E-state index is 10.9. The van der Waals surface area contributed by atoms with Crippen LogP contribution < -0.4 is 10.5 Å². The summed E-state index contributed by atoms with van der Waals surface area (Å²) in [5, 5.41) is 4.81. The molecule has 0 aliphatic heterocycles. The standard InChI is InChI=1S/C13H23NOSSi/c1-16(15)10-9-14-11-12-5-7-13(8-6-12)17(2,3)4/h5-8,14H,9-11H2,1-4H3. The van der Waals surface area contributed by atoms with Crippen molar-refractivity contribution in [2.45, 2.75) is 26.2 Å². The van der Waals surface area contributed by atoms with Crippen molar-refractivity contribution < 1.29 is 4.21 Å². The zero-order valence-corrected chi connectivity index (χ0v) is 13.1. The van der Waals surface area contributed by atoms with Gasteiger partial charge < -0.3 is 5.32 Å². The fraction of sp³-hybridized carbons (Fsp3) is 0.538. The molecule has 4 heteroatoms. The van der Waals surface area contributed by atoms with E-state index in [1.165, 1.54) is 10.8 Å². The predicted octanol–water partition coefficient (Wildman–Crippen LogP) is 1.70. The van der Waals surface area contributed by atoms with Crippen LogP contribution in [0.2, 0.25) is 19.6 Å². The molecule has 1 atom stereocenters. The third-order valence-electron chi connectivity index (χ3n) is 2.72. The zero-order chi connectivity index (χ0) is 12.9. The van der Waals surface area contributed by atoms with Crippen LogP contribution in [0.15, 0.2) is 24.3 Å². The summed E-state index contributed by atoms with van der Waals surface area (Å²) in [6, 6.07) is 8.90. The summed E-state index contributed by atoms with van der Waals surface area (Å²) in [6.45, 7) is 8.76. The lowest BCUT2D eigenvalue weighted by Crippen LogP contribution is -2.37. The molecule has 0 heterocycles. The minimum Gasteiger partial charge on any atom is -0.312 e. The second-order valence-corrected chi connectivity index (χ2v) is 12.0. The summed E-state index contributed by atoms with van der Waals surface area (Å²) in [6.07, 6.45) is 1.74. The average Bonchev–Trinajstić information content (AvgIpc) is 2.23. The van der Waals surface area contributed by atoms with Gasteiger partial charge in [-0.1, -0.05) is 49.1 Å². The van der Waals surface area contributed by atoms with Crippen LogP contribution in [-0.4, -0.2) is 30.8 Å². The summed E-state index contributed by atoms with van der Waals surface area (Å²) in [5.41, 5.74) is 1.30. The van der Waals surface area contributed by atoms with Gasteiger partial charge in [-0.3, -0.25) is 4.21 Å². The molecule has 1 rings (SSSR count). The maximum absolute atomic E-state index is 10.9. The molecule has 0 saturated carbocycles. The van der Waals surface area contributed by atoms with Crippen LogP contribution in [0.4, 0.5) is 0 Å². The predicted molar refractivity (Wildman–Crippen MR) is 80.1 cm³/mol. The van der Waals surface area contributed by atoms with Crippen molar-refractivity contribution in [2.24, 2.45) is 0 Å². The molecule has 0 aliphatic carbocycles. The molecule has 0 radical (unpaired) electrons. The first kappa shape index (κ1) is 14.6. The molecule has 1 aromatic carbocycles. The Labute approximate surface area is 108 Å². The molecule has 0 fully saturated rings. The summed E-state index contributed by atoms with van der Waals surface area (Å²) in [5.74, 6) is 0.729. The van der Waals surface area contributed by atoms with Gasteiger partial charge in [-0.05, 0) is 5.56 Å². The normalized spacial score (nSPS) is 13.6. The lowest BCUT2D eigenvalue weighted by atomic mass is 10.2. The van der Waals surface area contributed by atoms with E-state index < -0.39 is 18.9 Å². The monoisotopic (exact) mass is 269 g/mol. The van der Waals surface area contributed by atoms with Crippen molar-refractivity contribution >= 4 is 24.1 Å². The van der Waals surface area contributed by atoms with Crippen LogP contribution in [0.5, 0.6) is 0 Å². The second kappa shape index (κ2) is 6.47. The Morgan fingerprint density at radius 3 is 2.24 bits per heavy atom. The van der Waals surface area contributed by atoms with E-state index in [0.29, 0.717) is 0 Å². The Kier molecular flexibility index (Phi) is 5.56. The van der Waals surface area contributed by atoms with Crippen molar-refractivity contribution in [3.63, 3.8) is 0 Å². The molecule has 0 amide bonds. The summed E-state index contributed by atoms with van der Waals surface area (Å²) in [4.78, 5) is 0. The maximum Gasteiger partial charge on any atom is 0.0775 e. The fourth-order valence-electron chi connectivity index (χ4n) is 1.57. The highest BCUT2D eigenvalue weighted by atomic mass is 32.2. The molecule has 96 valence electrons. The minimum atomic E-state index is -1.17. The lowest BCUT2D eigenvalue weighted by molar-refractivity contribution is 0.676. The molecule has 1 aromatic rings. The van der Waals surface area contributed by atoms with Gasteiger partial charge in [0.25, 0.3) is 0 Å². The highest BCUT2D eigenvalue weighted by Gasteiger charge is 2.15. The number of hydrogen-bond acceptors (Lipinski definition) is 2. The van der Waals surface area contributed by atoms with E-state index in [-0.39, 0.29) is 0 Å². The number of benzene rings is 1. The van der Waals surface area contributed by atoms with Gasteiger partial charge in [-0.2, -0.15) is 0 Å². The van der Waals surface area contributed by atoms with Gasteiger partial charge in [-0.25, -0.2) is 0 Å². The number of nitrogens with one attached hydrogen (secondary N) is 1. The fourth-order valence-corrected chi connectivity index (χ4v) is 3.17. The smallest absolute Gasteiger partial charge is 0.0775 e. The molecule has 0 saturated heterocycles. The van der Waals surface area contributed by atoms with E-state index in [1.807, 2.05) is 0 Å². The molecule has 2 nitrogen and oxygen atoms in total. The molecule has 0 aliphatic rings. The SMILES string of the molecule is CS(=O)CCNCc1ccc([Si](C)(C)C)cc1. The quantitative estimate of drug-likeness (QED) is 0.629. The summed E-state index contributed by atoms with van der Waals surface area (Å²) in [7, 11) is -1.87. The summed E-state index contributed by atoms with van der Waals surface area (Å²) < 4.78 is 10.9. The molecule has 1 unspecified atom stereocenters. The van der Waals surface area contributed by atoms with E-state index in [1.54, 1.807) is 6.26 Å². The van der Waals surface area contributed by atoms with Gasteiger partial charge in [0, 0.05) is 35.9 Å². The van der Waals surface area contributed by atoms with Gasteiger partial charge in [0.05, 0.1) is 8.07 Å². The van der Waals surface area contributed by atoms with E-state index in [4.69, 9.17) is 0 Å². The Morgan fingerprint density at radius 2 is 1.76 bits per heavy atom. The molecule has 0 bridgehead atoms. The molecular formula is C13H23NOSSi. The van der Waals surface area contributed by atoms with Crippen molar-refractivity contribution in [1.29, 1.82) is 0 Å². The van der Waals surface area contributed by atoms with E-state index in [2.05, 4.69) is 49.2 Å². The van der Waals surface area contributed by atoms with E-state index in [9.17, 15) is 4.21 Å². The van der Waals surface area contributed by atoms with E-state index >= 15 is 0 Å². The van der Waals surface area contributed by atoms with Gasteiger partial charge in [0.1, 0.15) is 0 Å². The lowest BCUT2D eigenvalue weighted by Gasteiger charge is -2.16. The molecule has 17 heavy (non-hydrogen) atoms. The highest BCUT2D eigenvalue weighted by molar-refractivity contribution is 7.84. The number of rotatable bonds is 6. The van der Waals surface area contributed by atoms with Crippen LogP contribution in [-0.2, 0) is 17.3 Å². The molecule has 1 N–H and O–H groups in total. The minimum absolute atomic E-state index is 0.696. The first-order valence-corrected chi connectivity index (χ1v) is 11.2. The Balaban J connectivity index is 2.43. The van der Waals surface area contributed by atoms with E-state index in [0.717, 1.165) is 18.8 Å². The second-order valence-electron chi connectivity index (χ2n) is 5.40. The third kappa shape index (κ3) is 5.61. The number of hydrogen-bond donors (Lipinski definition) is 1.